The summed E-state index contributed by atoms with van der Waals surface area (Å²) in [6.45, 7) is 4.05. The summed E-state index contributed by atoms with van der Waals surface area (Å²) < 4.78 is 13.2. The molecule has 100 valence electrons. The molecule has 0 bridgehead atoms. The highest BCUT2D eigenvalue weighted by Gasteiger charge is 2.21. The predicted molar refractivity (Wildman–Crippen MR) is 72.4 cm³/mol. The lowest BCUT2D eigenvalue weighted by atomic mass is 9.95. The Kier molecular flexibility index (Phi) is 5.38. The maximum Gasteiger partial charge on any atom is 0.229 e. The number of carbonyl (C=O) groups excluding carboxylic acids is 1. The van der Waals surface area contributed by atoms with Gasteiger partial charge in [0.05, 0.1) is 16.0 Å². The fourth-order valence-electron chi connectivity index (χ4n) is 1.54. The van der Waals surface area contributed by atoms with E-state index in [1.54, 1.807) is 0 Å². The van der Waals surface area contributed by atoms with Gasteiger partial charge in [0.25, 0.3) is 0 Å². The molecule has 3 nitrogen and oxygen atoms in total. The SMILES string of the molecule is CC(C)C(CN)C(=O)Nc1cc(Cl)c(F)c(Cl)c1. The molecule has 0 spiro atoms. The van der Waals surface area contributed by atoms with Crippen LogP contribution in [-0.2, 0) is 4.79 Å². The molecule has 0 fully saturated rings. The molecule has 0 saturated heterocycles. The summed E-state index contributed by atoms with van der Waals surface area (Å²) in [5, 5.41) is 2.36. The maximum atomic E-state index is 13.2. The highest BCUT2D eigenvalue weighted by molar-refractivity contribution is 6.35. The molecular weight excluding hydrogens is 278 g/mol. The number of hydrogen-bond acceptors (Lipinski definition) is 2. The average molecular weight is 293 g/mol. The quantitative estimate of drug-likeness (QED) is 0.837. The number of hydrogen-bond donors (Lipinski definition) is 2. The minimum Gasteiger partial charge on any atom is -0.330 e. The van der Waals surface area contributed by atoms with E-state index in [-0.39, 0.29) is 34.3 Å². The molecule has 0 saturated carbocycles. The molecule has 18 heavy (non-hydrogen) atoms. The van der Waals surface area contributed by atoms with Gasteiger partial charge in [-0.2, -0.15) is 0 Å². The van der Waals surface area contributed by atoms with Crippen LogP contribution in [0.1, 0.15) is 13.8 Å². The lowest BCUT2D eigenvalue weighted by Gasteiger charge is -2.18. The van der Waals surface area contributed by atoms with Gasteiger partial charge >= 0.3 is 0 Å². The summed E-state index contributed by atoms with van der Waals surface area (Å²) in [7, 11) is 0. The second kappa shape index (κ2) is 6.36. The molecule has 0 aliphatic carbocycles. The predicted octanol–water partition coefficient (Wildman–Crippen LogP) is 3.30. The first-order valence-corrected chi connectivity index (χ1v) is 6.27. The van der Waals surface area contributed by atoms with Gasteiger partial charge in [0.2, 0.25) is 5.91 Å². The number of anilines is 1. The third-order valence-electron chi connectivity index (χ3n) is 2.65. The highest BCUT2D eigenvalue weighted by atomic mass is 35.5. The van der Waals surface area contributed by atoms with Crippen molar-refractivity contribution in [1.29, 1.82) is 0 Å². The van der Waals surface area contributed by atoms with Crippen molar-refractivity contribution >= 4 is 34.8 Å². The lowest BCUT2D eigenvalue weighted by molar-refractivity contribution is -0.120. The smallest absolute Gasteiger partial charge is 0.229 e. The maximum absolute atomic E-state index is 13.2. The van der Waals surface area contributed by atoms with Crippen molar-refractivity contribution in [1.82, 2.24) is 0 Å². The van der Waals surface area contributed by atoms with E-state index in [1.807, 2.05) is 13.8 Å². The summed E-state index contributed by atoms with van der Waals surface area (Å²) in [6, 6.07) is 2.63. The molecule has 0 heterocycles. The lowest BCUT2D eigenvalue weighted by Crippen LogP contribution is -2.33. The van der Waals surface area contributed by atoms with Crippen LogP contribution in [0.15, 0.2) is 12.1 Å². The van der Waals surface area contributed by atoms with Crippen molar-refractivity contribution in [3.8, 4) is 0 Å². The van der Waals surface area contributed by atoms with Gasteiger partial charge in [0.15, 0.2) is 5.82 Å². The summed E-state index contributed by atoms with van der Waals surface area (Å²) in [6.07, 6.45) is 0. The van der Waals surface area contributed by atoms with E-state index in [1.165, 1.54) is 12.1 Å². The average Bonchev–Trinajstić information content (AvgIpc) is 2.26. The first-order valence-electron chi connectivity index (χ1n) is 5.52. The number of nitrogens with one attached hydrogen (secondary N) is 1. The van der Waals surface area contributed by atoms with Crippen molar-refractivity contribution in [2.24, 2.45) is 17.6 Å². The molecule has 0 radical (unpaired) electrons. The zero-order valence-corrected chi connectivity index (χ0v) is 11.6. The molecule has 1 amide bonds. The van der Waals surface area contributed by atoms with Crippen molar-refractivity contribution in [2.75, 3.05) is 11.9 Å². The molecule has 1 aromatic carbocycles. The Morgan fingerprint density at radius 2 is 1.89 bits per heavy atom. The molecule has 0 aliphatic rings. The van der Waals surface area contributed by atoms with Crippen LogP contribution in [-0.4, -0.2) is 12.5 Å². The van der Waals surface area contributed by atoms with Gasteiger partial charge in [-0.05, 0) is 18.1 Å². The van der Waals surface area contributed by atoms with E-state index in [0.29, 0.717) is 5.69 Å². The molecule has 1 aromatic rings. The number of carbonyl (C=O) groups is 1. The number of amides is 1. The zero-order chi connectivity index (χ0) is 13.9. The fourth-order valence-corrected chi connectivity index (χ4v) is 2.03. The minimum atomic E-state index is -0.699. The molecule has 1 atom stereocenters. The van der Waals surface area contributed by atoms with Gasteiger partial charge in [-0.15, -0.1) is 0 Å². The van der Waals surface area contributed by atoms with Crippen LogP contribution >= 0.6 is 23.2 Å². The minimum absolute atomic E-state index is 0.112. The van der Waals surface area contributed by atoms with Crippen LogP contribution in [0.4, 0.5) is 10.1 Å². The first-order chi connectivity index (χ1) is 8.36. The Labute approximate surface area is 115 Å². The molecular formula is C12H15Cl2FN2O. The van der Waals surface area contributed by atoms with Crippen molar-refractivity contribution in [3.05, 3.63) is 28.0 Å². The van der Waals surface area contributed by atoms with Gasteiger partial charge < -0.3 is 11.1 Å². The zero-order valence-electron chi connectivity index (χ0n) is 10.1. The number of rotatable bonds is 4. The van der Waals surface area contributed by atoms with Gasteiger partial charge in [-0.3, -0.25) is 4.79 Å². The van der Waals surface area contributed by atoms with E-state index >= 15 is 0 Å². The van der Waals surface area contributed by atoms with Crippen LogP contribution < -0.4 is 11.1 Å². The van der Waals surface area contributed by atoms with E-state index in [0.717, 1.165) is 0 Å². The van der Waals surface area contributed by atoms with Crippen molar-refractivity contribution in [3.63, 3.8) is 0 Å². The fraction of sp³-hybridized carbons (Fsp3) is 0.417. The summed E-state index contributed by atoms with van der Waals surface area (Å²) >= 11 is 11.3. The topological polar surface area (TPSA) is 55.1 Å². The normalized spacial score (nSPS) is 12.6. The van der Waals surface area contributed by atoms with E-state index in [2.05, 4.69) is 5.32 Å². The monoisotopic (exact) mass is 292 g/mol. The number of benzene rings is 1. The van der Waals surface area contributed by atoms with Gasteiger partial charge in [-0.1, -0.05) is 37.0 Å². The van der Waals surface area contributed by atoms with Gasteiger partial charge in [0.1, 0.15) is 0 Å². The number of halogens is 3. The van der Waals surface area contributed by atoms with Gasteiger partial charge in [0, 0.05) is 12.2 Å². The molecule has 0 aliphatic heterocycles. The van der Waals surface area contributed by atoms with Crippen LogP contribution in [0, 0.1) is 17.7 Å². The third kappa shape index (κ3) is 3.57. The van der Waals surface area contributed by atoms with Crippen LogP contribution in [0.25, 0.3) is 0 Å². The van der Waals surface area contributed by atoms with Crippen LogP contribution in [0.2, 0.25) is 10.0 Å². The first kappa shape index (κ1) is 15.2. The Morgan fingerprint density at radius 3 is 2.28 bits per heavy atom. The molecule has 6 heteroatoms. The van der Waals surface area contributed by atoms with Crippen molar-refractivity contribution < 1.29 is 9.18 Å². The Hall–Kier alpha value is -0.840. The molecule has 1 rings (SSSR count). The van der Waals surface area contributed by atoms with Crippen LogP contribution in [0.3, 0.4) is 0 Å². The Balaban J connectivity index is 2.88. The largest absolute Gasteiger partial charge is 0.330 e. The van der Waals surface area contributed by atoms with Crippen LogP contribution in [0.5, 0.6) is 0 Å². The molecule has 0 aromatic heterocycles. The Bertz CT molecular complexity index is 429. The second-order valence-corrected chi connectivity index (χ2v) is 5.14. The van der Waals surface area contributed by atoms with E-state index < -0.39 is 5.82 Å². The Morgan fingerprint density at radius 1 is 1.39 bits per heavy atom. The van der Waals surface area contributed by atoms with Gasteiger partial charge in [-0.25, -0.2) is 4.39 Å². The standard InChI is InChI=1S/C12H15Cl2FN2O/c1-6(2)8(5-16)12(18)17-7-3-9(13)11(15)10(14)4-7/h3-4,6,8H,5,16H2,1-2H3,(H,17,18). The van der Waals surface area contributed by atoms with E-state index in [4.69, 9.17) is 28.9 Å². The molecule has 3 N–H and O–H groups in total. The van der Waals surface area contributed by atoms with Crippen molar-refractivity contribution in [2.45, 2.75) is 13.8 Å². The summed E-state index contributed by atoms with van der Waals surface area (Å²) in [5.74, 6) is -1.13. The third-order valence-corrected chi connectivity index (χ3v) is 3.20. The number of nitrogens with two attached hydrogens (primary N) is 1. The summed E-state index contributed by atoms with van der Waals surface area (Å²) in [5.41, 5.74) is 5.90. The second-order valence-electron chi connectivity index (χ2n) is 4.33. The molecule has 1 unspecified atom stereocenters. The van der Waals surface area contributed by atoms with E-state index in [9.17, 15) is 9.18 Å². The highest BCUT2D eigenvalue weighted by Crippen LogP contribution is 2.27. The summed E-state index contributed by atoms with van der Waals surface area (Å²) in [4.78, 5) is 11.9.